The van der Waals surface area contributed by atoms with E-state index in [1.54, 1.807) is 24.4 Å². The number of carbonyl (C=O) groups is 1. The van der Waals surface area contributed by atoms with Crippen LogP contribution in [0.15, 0.2) is 30.5 Å². The minimum Gasteiger partial charge on any atom is -0.486 e. The molecule has 1 aliphatic heterocycles. The monoisotopic (exact) mass is 334 g/mol. The van der Waals surface area contributed by atoms with E-state index in [4.69, 9.17) is 25.8 Å². The van der Waals surface area contributed by atoms with E-state index in [1.807, 2.05) is 6.07 Å². The Morgan fingerprint density at radius 2 is 2.22 bits per heavy atom. The Hall–Kier alpha value is -2.47. The molecule has 6 nitrogen and oxygen atoms in total. The minimum absolute atomic E-state index is 0.269. The second-order valence-electron chi connectivity index (χ2n) is 4.84. The summed E-state index contributed by atoms with van der Waals surface area (Å²) in [6, 6.07) is 6.80. The van der Waals surface area contributed by atoms with Crippen molar-refractivity contribution in [1.82, 2.24) is 10.3 Å². The highest BCUT2D eigenvalue weighted by molar-refractivity contribution is 6.32. The molecule has 1 aliphatic rings. The van der Waals surface area contributed by atoms with Crippen LogP contribution < -0.4 is 19.5 Å². The van der Waals surface area contributed by atoms with Crippen LogP contribution in [0.2, 0.25) is 5.02 Å². The van der Waals surface area contributed by atoms with E-state index in [-0.39, 0.29) is 5.91 Å². The number of nitrogens with zero attached hydrogens (tertiary/aromatic N) is 1. The van der Waals surface area contributed by atoms with Gasteiger partial charge in [-0.1, -0.05) is 17.7 Å². The molecular weight excluding hydrogens is 320 g/mol. The lowest BCUT2D eigenvalue weighted by Gasteiger charge is -2.20. The molecule has 23 heavy (non-hydrogen) atoms. The number of amides is 1. The van der Waals surface area contributed by atoms with Gasteiger partial charge in [0.05, 0.1) is 12.1 Å². The molecule has 0 saturated carbocycles. The molecule has 2 heterocycles. The van der Waals surface area contributed by atoms with Crippen molar-refractivity contribution in [2.24, 2.45) is 0 Å². The molecule has 2 aromatic rings. The highest BCUT2D eigenvalue weighted by Crippen LogP contribution is 2.38. The first-order chi connectivity index (χ1) is 11.2. The number of halogens is 1. The maximum absolute atomic E-state index is 12.3. The molecule has 0 bridgehead atoms. The summed E-state index contributed by atoms with van der Waals surface area (Å²) in [5.74, 6) is 1.17. The van der Waals surface area contributed by atoms with Crippen LogP contribution in [-0.4, -0.2) is 31.2 Å². The van der Waals surface area contributed by atoms with Crippen molar-refractivity contribution in [1.29, 1.82) is 0 Å². The smallest absolute Gasteiger partial charge is 0.251 e. The molecule has 0 atom stereocenters. The first-order valence-corrected chi connectivity index (χ1v) is 7.42. The maximum atomic E-state index is 12.3. The molecule has 0 radical (unpaired) electrons. The van der Waals surface area contributed by atoms with Crippen LogP contribution in [-0.2, 0) is 6.54 Å². The summed E-state index contributed by atoms with van der Waals surface area (Å²) in [5.41, 5.74) is 1.19. The zero-order valence-electron chi connectivity index (χ0n) is 12.5. The minimum atomic E-state index is -0.269. The predicted molar refractivity (Wildman–Crippen MR) is 84.4 cm³/mol. The molecule has 0 unspecified atom stereocenters. The van der Waals surface area contributed by atoms with Crippen LogP contribution in [0, 0.1) is 0 Å². The van der Waals surface area contributed by atoms with Gasteiger partial charge >= 0.3 is 0 Å². The third kappa shape index (κ3) is 3.32. The fourth-order valence-corrected chi connectivity index (χ4v) is 2.53. The Kier molecular flexibility index (Phi) is 4.52. The molecule has 0 spiro atoms. The quantitative estimate of drug-likeness (QED) is 0.930. The number of fused-ring (bicyclic) bond motifs is 1. The summed E-state index contributed by atoms with van der Waals surface area (Å²) in [4.78, 5) is 16.4. The van der Waals surface area contributed by atoms with E-state index in [0.717, 1.165) is 5.56 Å². The number of benzene rings is 1. The summed E-state index contributed by atoms with van der Waals surface area (Å²) in [6.45, 7) is 1.17. The molecule has 120 valence electrons. The molecule has 1 aromatic heterocycles. The molecule has 3 rings (SSSR count). The van der Waals surface area contributed by atoms with E-state index in [1.165, 1.54) is 7.11 Å². The summed E-state index contributed by atoms with van der Waals surface area (Å²) < 4.78 is 16.1. The molecule has 1 N–H and O–H groups in total. The molecule has 1 aromatic carbocycles. The van der Waals surface area contributed by atoms with Crippen LogP contribution in [0.25, 0.3) is 0 Å². The van der Waals surface area contributed by atoms with Gasteiger partial charge in [-0.3, -0.25) is 4.79 Å². The van der Waals surface area contributed by atoms with Gasteiger partial charge in [-0.05, 0) is 18.2 Å². The van der Waals surface area contributed by atoms with Gasteiger partial charge in [-0.15, -0.1) is 0 Å². The Bertz CT molecular complexity index is 736. The van der Waals surface area contributed by atoms with Crippen molar-refractivity contribution in [2.45, 2.75) is 6.54 Å². The number of carbonyl (C=O) groups excluding carboxylic acids is 1. The van der Waals surface area contributed by atoms with Crippen molar-refractivity contribution in [2.75, 3.05) is 20.3 Å². The van der Waals surface area contributed by atoms with E-state index in [2.05, 4.69) is 10.3 Å². The first kappa shape index (κ1) is 15.4. The van der Waals surface area contributed by atoms with E-state index in [9.17, 15) is 4.79 Å². The zero-order chi connectivity index (χ0) is 16.2. The first-order valence-electron chi connectivity index (χ1n) is 7.04. The summed E-state index contributed by atoms with van der Waals surface area (Å²) >= 11 is 6.14. The SMILES string of the molecule is COc1ncccc1CNC(=O)c1cc(Cl)c2c(c1)OCCO2. The maximum Gasteiger partial charge on any atom is 0.251 e. The van der Waals surface area contributed by atoms with Crippen molar-refractivity contribution >= 4 is 17.5 Å². The van der Waals surface area contributed by atoms with Gasteiger partial charge in [0, 0.05) is 23.9 Å². The second-order valence-corrected chi connectivity index (χ2v) is 5.24. The highest BCUT2D eigenvalue weighted by atomic mass is 35.5. The third-order valence-electron chi connectivity index (χ3n) is 3.34. The van der Waals surface area contributed by atoms with Crippen LogP contribution in [0.4, 0.5) is 0 Å². The van der Waals surface area contributed by atoms with Crippen LogP contribution in [0.3, 0.4) is 0 Å². The normalized spacial score (nSPS) is 12.6. The number of rotatable bonds is 4. The molecule has 0 saturated heterocycles. The van der Waals surface area contributed by atoms with E-state index < -0.39 is 0 Å². The average Bonchev–Trinajstić information content (AvgIpc) is 2.59. The number of hydrogen-bond acceptors (Lipinski definition) is 5. The van der Waals surface area contributed by atoms with Gasteiger partial charge in [0.1, 0.15) is 13.2 Å². The fourth-order valence-electron chi connectivity index (χ4n) is 2.26. The van der Waals surface area contributed by atoms with Crippen LogP contribution in [0.5, 0.6) is 17.4 Å². The Morgan fingerprint density at radius 3 is 3.04 bits per heavy atom. The van der Waals surface area contributed by atoms with Gasteiger partial charge in [0.2, 0.25) is 5.88 Å². The number of ether oxygens (including phenoxy) is 3. The lowest BCUT2D eigenvalue weighted by Crippen LogP contribution is -2.24. The van der Waals surface area contributed by atoms with Gasteiger partial charge < -0.3 is 19.5 Å². The Labute approximate surface area is 138 Å². The summed E-state index contributed by atoms with van der Waals surface area (Å²) in [5, 5.41) is 3.16. The fraction of sp³-hybridized carbons (Fsp3) is 0.250. The molecular formula is C16H15ClN2O4. The highest BCUT2D eigenvalue weighted by Gasteiger charge is 2.19. The molecule has 0 fully saturated rings. The second kappa shape index (κ2) is 6.75. The Morgan fingerprint density at radius 1 is 1.39 bits per heavy atom. The number of aromatic nitrogens is 1. The largest absolute Gasteiger partial charge is 0.486 e. The topological polar surface area (TPSA) is 69.7 Å². The number of nitrogens with one attached hydrogen (secondary N) is 1. The predicted octanol–water partition coefficient (Wildman–Crippen LogP) is 2.44. The van der Waals surface area contributed by atoms with Crippen LogP contribution in [0.1, 0.15) is 15.9 Å². The summed E-state index contributed by atoms with van der Waals surface area (Å²) in [7, 11) is 1.54. The van der Waals surface area contributed by atoms with Crippen molar-refractivity contribution in [3.05, 3.63) is 46.6 Å². The third-order valence-corrected chi connectivity index (χ3v) is 3.62. The standard InChI is InChI=1S/C16H15ClN2O4/c1-21-16-10(3-2-4-18-16)9-19-15(20)11-7-12(17)14-13(8-11)22-5-6-23-14/h2-4,7-8H,5-6,9H2,1H3,(H,19,20). The molecule has 0 aliphatic carbocycles. The van der Waals surface area contributed by atoms with Crippen LogP contribution >= 0.6 is 11.6 Å². The van der Waals surface area contributed by atoms with Gasteiger partial charge in [0.15, 0.2) is 11.5 Å². The zero-order valence-corrected chi connectivity index (χ0v) is 13.2. The summed E-state index contributed by atoms with van der Waals surface area (Å²) in [6.07, 6.45) is 1.63. The van der Waals surface area contributed by atoms with Crippen molar-refractivity contribution < 1.29 is 19.0 Å². The van der Waals surface area contributed by atoms with Crippen molar-refractivity contribution in [3.63, 3.8) is 0 Å². The Balaban J connectivity index is 1.75. The van der Waals surface area contributed by atoms with E-state index >= 15 is 0 Å². The molecule has 7 heteroatoms. The van der Waals surface area contributed by atoms with Gasteiger partial charge in [-0.2, -0.15) is 0 Å². The van der Waals surface area contributed by atoms with Crippen molar-refractivity contribution in [3.8, 4) is 17.4 Å². The lowest BCUT2D eigenvalue weighted by atomic mass is 10.1. The van der Waals surface area contributed by atoms with E-state index in [0.29, 0.717) is 47.7 Å². The van der Waals surface area contributed by atoms with Gasteiger partial charge in [-0.25, -0.2) is 4.98 Å². The lowest BCUT2D eigenvalue weighted by molar-refractivity contribution is 0.0949. The average molecular weight is 335 g/mol. The number of pyridine rings is 1. The number of methoxy groups -OCH3 is 1. The molecule has 1 amide bonds. The number of hydrogen-bond donors (Lipinski definition) is 1. The van der Waals surface area contributed by atoms with Gasteiger partial charge in [0.25, 0.3) is 5.91 Å².